The normalized spacial score (nSPS) is 21.8. The zero-order chi connectivity index (χ0) is 16.9. The van der Waals surface area contributed by atoms with Crippen molar-refractivity contribution < 1.29 is 4.79 Å². The van der Waals surface area contributed by atoms with E-state index in [1.54, 1.807) is 6.20 Å². The van der Waals surface area contributed by atoms with E-state index in [-0.39, 0.29) is 12.2 Å². The number of carbonyl (C=O) groups excluding carboxylic acids is 1. The number of nitrogens with one attached hydrogen (secondary N) is 5. The summed E-state index contributed by atoms with van der Waals surface area (Å²) in [5, 5.41) is 12.3. The summed E-state index contributed by atoms with van der Waals surface area (Å²) in [4.78, 5) is 11.8. The van der Waals surface area contributed by atoms with Crippen LogP contribution in [0.4, 0.5) is 4.79 Å². The minimum atomic E-state index is -0.254. The van der Waals surface area contributed by atoms with E-state index in [1.807, 2.05) is 18.2 Å². The van der Waals surface area contributed by atoms with Gasteiger partial charge in [-0.1, -0.05) is 6.08 Å². The Kier molecular flexibility index (Phi) is 4.88. The Bertz CT molecular complexity index is 672. The third kappa shape index (κ3) is 4.18. The van der Waals surface area contributed by atoms with Crippen molar-refractivity contribution in [3.8, 4) is 0 Å². The molecule has 128 valence electrons. The van der Waals surface area contributed by atoms with Crippen molar-refractivity contribution in [2.45, 2.75) is 19.0 Å². The number of urea groups is 1. The molecule has 0 spiro atoms. The Balaban J connectivity index is 1.60. The van der Waals surface area contributed by atoms with E-state index in [0.717, 1.165) is 42.1 Å². The summed E-state index contributed by atoms with van der Waals surface area (Å²) in [5.74, 6) is 5.32. The van der Waals surface area contributed by atoms with Crippen LogP contribution in [-0.4, -0.2) is 25.3 Å². The van der Waals surface area contributed by atoms with E-state index in [2.05, 4.69) is 32.8 Å². The molecule has 0 aromatic rings. The molecule has 0 aromatic carbocycles. The van der Waals surface area contributed by atoms with Crippen molar-refractivity contribution >= 4 is 6.03 Å². The summed E-state index contributed by atoms with van der Waals surface area (Å²) >= 11 is 0. The molecule has 0 saturated carbocycles. The van der Waals surface area contributed by atoms with Gasteiger partial charge in [0.25, 0.3) is 0 Å². The Morgan fingerprint density at radius 1 is 1.42 bits per heavy atom. The molecule has 0 fully saturated rings. The maximum atomic E-state index is 11.8. The standard InChI is InChI=1S/C16H23N7O/c17-7-11(9-20-18)5-10-6-14-13(19-8-10)3-4-15(22-14)23-16(24)21-12-1-2-12/h1,3-4,6,9,15,19-20,22H,2,5,7-8,17-18H2,(H2,21,23,24)/b11-9-. The Morgan fingerprint density at radius 3 is 2.96 bits per heavy atom. The van der Waals surface area contributed by atoms with Crippen LogP contribution < -0.4 is 38.3 Å². The lowest BCUT2D eigenvalue weighted by Gasteiger charge is -2.28. The predicted molar refractivity (Wildman–Crippen MR) is 92.6 cm³/mol. The van der Waals surface area contributed by atoms with E-state index in [0.29, 0.717) is 6.54 Å². The van der Waals surface area contributed by atoms with Gasteiger partial charge in [-0.05, 0) is 35.8 Å². The van der Waals surface area contributed by atoms with E-state index in [9.17, 15) is 4.79 Å². The molecule has 9 N–H and O–H groups in total. The fourth-order valence-electron chi connectivity index (χ4n) is 2.58. The lowest BCUT2D eigenvalue weighted by atomic mass is 10.0. The molecule has 3 aliphatic rings. The number of allylic oxidation sites excluding steroid dienone is 4. The van der Waals surface area contributed by atoms with Crippen LogP contribution in [0.5, 0.6) is 0 Å². The number of dihydropyridines is 2. The molecule has 3 rings (SSSR count). The summed E-state index contributed by atoms with van der Waals surface area (Å²) in [6, 6.07) is -0.208. The first-order valence-electron chi connectivity index (χ1n) is 7.91. The van der Waals surface area contributed by atoms with Crippen LogP contribution in [0.2, 0.25) is 0 Å². The van der Waals surface area contributed by atoms with Gasteiger partial charge in [0.15, 0.2) is 0 Å². The molecule has 2 amide bonds. The number of nitrogens with two attached hydrogens (primary N) is 2. The van der Waals surface area contributed by atoms with E-state index in [4.69, 9.17) is 11.6 Å². The van der Waals surface area contributed by atoms with Gasteiger partial charge >= 0.3 is 6.03 Å². The largest absolute Gasteiger partial charge is 0.380 e. The highest BCUT2D eigenvalue weighted by atomic mass is 16.2. The average Bonchev–Trinajstić information content (AvgIpc) is 3.38. The molecule has 1 aliphatic carbocycles. The van der Waals surface area contributed by atoms with Gasteiger partial charge in [0.05, 0.1) is 11.4 Å². The van der Waals surface area contributed by atoms with Crippen LogP contribution in [0.25, 0.3) is 0 Å². The number of hydrogen-bond donors (Lipinski definition) is 7. The molecule has 24 heavy (non-hydrogen) atoms. The van der Waals surface area contributed by atoms with Crippen molar-refractivity contribution in [2.75, 3.05) is 13.1 Å². The van der Waals surface area contributed by atoms with Gasteiger partial charge in [0, 0.05) is 31.4 Å². The van der Waals surface area contributed by atoms with Crippen molar-refractivity contribution in [3.05, 3.63) is 58.7 Å². The van der Waals surface area contributed by atoms with Gasteiger partial charge in [-0.15, -0.1) is 0 Å². The van der Waals surface area contributed by atoms with Crippen LogP contribution in [0.1, 0.15) is 12.8 Å². The second kappa shape index (κ2) is 7.24. The third-order valence-corrected chi connectivity index (χ3v) is 3.88. The fraction of sp³-hybridized carbons (Fsp3) is 0.312. The summed E-state index contributed by atoms with van der Waals surface area (Å²) in [7, 11) is 0. The molecule has 1 atom stereocenters. The number of amides is 2. The first-order chi connectivity index (χ1) is 11.7. The molecule has 0 radical (unpaired) electrons. The maximum absolute atomic E-state index is 11.8. The van der Waals surface area contributed by atoms with Crippen molar-refractivity contribution in [1.82, 2.24) is 26.7 Å². The average molecular weight is 329 g/mol. The molecule has 0 bridgehead atoms. The van der Waals surface area contributed by atoms with Crippen LogP contribution >= 0.6 is 0 Å². The minimum absolute atomic E-state index is 0.208. The first-order valence-corrected chi connectivity index (χ1v) is 7.91. The van der Waals surface area contributed by atoms with Gasteiger partial charge in [0.2, 0.25) is 0 Å². The topological polar surface area (TPSA) is 129 Å². The molecule has 2 aliphatic heterocycles. The SMILES string of the molecule is NC/C(=C\NN)CC1=CC2=C(C=CC(NC(=O)NC3=CC3)N2)NC1. The van der Waals surface area contributed by atoms with Crippen LogP contribution in [0.3, 0.4) is 0 Å². The zero-order valence-corrected chi connectivity index (χ0v) is 13.4. The number of rotatable bonds is 6. The Labute approximate surface area is 140 Å². The zero-order valence-electron chi connectivity index (χ0n) is 13.4. The van der Waals surface area contributed by atoms with E-state index < -0.39 is 0 Å². The second-order valence-electron chi connectivity index (χ2n) is 5.85. The van der Waals surface area contributed by atoms with E-state index in [1.165, 1.54) is 5.57 Å². The Hall–Kier alpha value is -2.71. The highest BCUT2D eigenvalue weighted by Gasteiger charge is 2.20. The van der Waals surface area contributed by atoms with Gasteiger partial charge in [-0.25, -0.2) is 4.79 Å². The quantitative estimate of drug-likeness (QED) is 0.260. The highest BCUT2D eigenvalue weighted by Crippen LogP contribution is 2.20. The number of hydrazine groups is 1. The lowest BCUT2D eigenvalue weighted by Crippen LogP contribution is -2.49. The van der Waals surface area contributed by atoms with E-state index >= 15 is 0 Å². The van der Waals surface area contributed by atoms with Crippen LogP contribution in [0, 0.1) is 0 Å². The molecule has 8 heteroatoms. The van der Waals surface area contributed by atoms with Gasteiger partial charge in [0.1, 0.15) is 6.17 Å². The van der Waals surface area contributed by atoms with Gasteiger partial charge in [-0.2, -0.15) is 0 Å². The highest BCUT2D eigenvalue weighted by molar-refractivity contribution is 5.77. The molecular weight excluding hydrogens is 306 g/mol. The number of carbonyl (C=O) groups is 1. The molecular formula is C16H23N7O. The maximum Gasteiger partial charge on any atom is 0.320 e. The smallest absolute Gasteiger partial charge is 0.320 e. The fourth-order valence-corrected chi connectivity index (χ4v) is 2.58. The molecule has 0 aromatic heterocycles. The van der Waals surface area contributed by atoms with Crippen LogP contribution in [0.15, 0.2) is 58.7 Å². The summed E-state index contributed by atoms with van der Waals surface area (Å²) in [6.45, 7) is 1.19. The first kappa shape index (κ1) is 16.2. The van der Waals surface area contributed by atoms with Crippen molar-refractivity contribution in [1.29, 1.82) is 0 Å². The molecule has 2 heterocycles. The summed E-state index contributed by atoms with van der Waals surface area (Å²) in [6.07, 6.45) is 11.0. The van der Waals surface area contributed by atoms with Crippen molar-refractivity contribution in [3.63, 3.8) is 0 Å². The third-order valence-electron chi connectivity index (χ3n) is 3.88. The molecule has 1 unspecified atom stereocenters. The van der Waals surface area contributed by atoms with Crippen molar-refractivity contribution in [2.24, 2.45) is 11.6 Å². The minimum Gasteiger partial charge on any atom is -0.380 e. The molecule has 8 nitrogen and oxygen atoms in total. The van der Waals surface area contributed by atoms with Gasteiger partial charge < -0.3 is 32.4 Å². The second-order valence-corrected chi connectivity index (χ2v) is 5.85. The van der Waals surface area contributed by atoms with Crippen LogP contribution in [-0.2, 0) is 0 Å². The summed E-state index contributed by atoms with van der Waals surface area (Å²) in [5.41, 5.74) is 13.4. The monoisotopic (exact) mass is 329 g/mol. The number of hydrogen-bond acceptors (Lipinski definition) is 6. The lowest BCUT2D eigenvalue weighted by molar-refractivity contribution is 0.240. The molecule has 0 saturated heterocycles. The predicted octanol–water partition coefficient (Wildman–Crippen LogP) is -0.504. The summed E-state index contributed by atoms with van der Waals surface area (Å²) < 4.78 is 0. The van der Waals surface area contributed by atoms with Gasteiger partial charge in [-0.3, -0.25) is 5.84 Å². The Morgan fingerprint density at radius 2 is 2.25 bits per heavy atom.